The number of anilines is 1. The average Bonchev–Trinajstić information content (AvgIpc) is 2.54. The third-order valence-corrected chi connectivity index (χ3v) is 4.10. The van der Waals surface area contributed by atoms with Gasteiger partial charge in [0.15, 0.2) is 0 Å². The second-order valence-corrected chi connectivity index (χ2v) is 6.53. The topological polar surface area (TPSA) is 44.8 Å². The first kappa shape index (κ1) is 17.6. The molecule has 1 aromatic rings. The molecular weight excluding hydrogens is 290 g/mol. The summed E-state index contributed by atoms with van der Waals surface area (Å²) in [5.74, 6) is 0. The maximum Gasteiger partial charge on any atom is 0.317 e. The monoisotopic (exact) mass is 319 g/mol. The molecule has 0 bridgehead atoms. The van der Waals surface area contributed by atoms with E-state index in [-0.39, 0.29) is 11.6 Å². The summed E-state index contributed by atoms with van der Waals surface area (Å²) >= 11 is 0. The molecule has 1 aliphatic rings. The number of ether oxygens (including phenoxy) is 1. The van der Waals surface area contributed by atoms with Crippen molar-refractivity contribution >= 4 is 11.7 Å². The van der Waals surface area contributed by atoms with Crippen molar-refractivity contribution in [1.82, 2.24) is 10.2 Å². The number of para-hydroxylation sites is 1. The molecule has 0 aliphatic carbocycles. The molecule has 1 fully saturated rings. The van der Waals surface area contributed by atoms with Crippen molar-refractivity contribution in [2.75, 3.05) is 44.2 Å². The lowest BCUT2D eigenvalue weighted by molar-refractivity contribution is -0.0733. The van der Waals surface area contributed by atoms with Gasteiger partial charge in [-0.3, -0.25) is 0 Å². The molecule has 23 heavy (non-hydrogen) atoms. The Morgan fingerprint density at radius 3 is 2.74 bits per heavy atom. The van der Waals surface area contributed by atoms with E-state index in [1.165, 1.54) is 5.69 Å². The molecule has 2 amide bonds. The standard InChI is InChI=1S/C18H29N3O2/c1-4-20(16-9-6-5-7-10-16)12-8-11-19-17(22)21-13-14-23-18(2,3)15-21/h5-7,9-10H,4,8,11-15H2,1-3H3,(H,19,22). The number of carbonyl (C=O) groups excluding carboxylic acids is 1. The van der Waals surface area contributed by atoms with Gasteiger partial charge in [-0.05, 0) is 39.3 Å². The molecule has 1 saturated heterocycles. The van der Waals surface area contributed by atoms with Crippen LogP contribution < -0.4 is 10.2 Å². The van der Waals surface area contributed by atoms with Crippen LogP contribution in [0.25, 0.3) is 0 Å². The van der Waals surface area contributed by atoms with E-state index in [9.17, 15) is 4.79 Å². The molecule has 0 saturated carbocycles. The number of hydrogen-bond donors (Lipinski definition) is 1. The molecule has 128 valence electrons. The summed E-state index contributed by atoms with van der Waals surface area (Å²) < 4.78 is 5.64. The van der Waals surface area contributed by atoms with Crippen molar-refractivity contribution < 1.29 is 9.53 Å². The molecule has 0 aromatic heterocycles. The fourth-order valence-corrected chi connectivity index (χ4v) is 2.88. The molecule has 1 aliphatic heterocycles. The minimum absolute atomic E-state index is 0.0177. The number of morpholine rings is 1. The normalized spacial score (nSPS) is 16.9. The van der Waals surface area contributed by atoms with Gasteiger partial charge in [0.25, 0.3) is 0 Å². The third-order valence-electron chi connectivity index (χ3n) is 4.10. The molecule has 5 heteroatoms. The number of urea groups is 1. The molecular formula is C18H29N3O2. The van der Waals surface area contributed by atoms with Crippen molar-refractivity contribution in [3.05, 3.63) is 30.3 Å². The van der Waals surface area contributed by atoms with Gasteiger partial charge in [-0.1, -0.05) is 18.2 Å². The minimum atomic E-state index is -0.248. The first-order chi connectivity index (χ1) is 11.0. The molecule has 0 spiro atoms. The van der Waals surface area contributed by atoms with Crippen molar-refractivity contribution in [3.8, 4) is 0 Å². The lowest BCUT2D eigenvalue weighted by Crippen LogP contribution is -2.53. The zero-order valence-electron chi connectivity index (χ0n) is 14.5. The van der Waals surface area contributed by atoms with Crippen LogP contribution in [0, 0.1) is 0 Å². The van der Waals surface area contributed by atoms with Crippen molar-refractivity contribution in [3.63, 3.8) is 0 Å². The van der Waals surface area contributed by atoms with E-state index < -0.39 is 0 Å². The van der Waals surface area contributed by atoms with Crippen LogP contribution in [0.4, 0.5) is 10.5 Å². The summed E-state index contributed by atoms with van der Waals surface area (Å²) in [5.41, 5.74) is 0.985. The van der Waals surface area contributed by atoms with E-state index in [1.807, 2.05) is 24.8 Å². The molecule has 1 aromatic carbocycles. The van der Waals surface area contributed by atoms with Crippen LogP contribution in [0.15, 0.2) is 30.3 Å². The Labute approximate surface area is 139 Å². The Hall–Kier alpha value is -1.75. The van der Waals surface area contributed by atoms with Crippen LogP contribution in [0.2, 0.25) is 0 Å². The molecule has 0 unspecified atom stereocenters. The summed E-state index contributed by atoms with van der Waals surface area (Å²) in [6.07, 6.45) is 0.933. The predicted octanol–water partition coefficient (Wildman–Crippen LogP) is 2.72. The minimum Gasteiger partial charge on any atom is -0.372 e. The smallest absolute Gasteiger partial charge is 0.317 e. The van der Waals surface area contributed by atoms with Crippen molar-refractivity contribution in [1.29, 1.82) is 0 Å². The van der Waals surface area contributed by atoms with Crippen LogP contribution in [-0.4, -0.2) is 55.9 Å². The number of nitrogens with zero attached hydrogens (tertiary/aromatic N) is 2. The van der Waals surface area contributed by atoms with Crippen LogP contribution in [0.1, 0.15) is 27.2 Å². The number of hydrogen-bond acceptors (Lipinski definition) is 3. The van der Waals surface area contributed by atoms with E-state index in [0.29, 0.717) is 26.2 Å². The van der Waals surface area contributed by atoms with Crippen molar-refractivity contribution in [2.24, 2.45) is 0 Å². The molecule has 5 nitrogen and oxygen atoms in total. The Bertz CT molecular complexity index is 490. The van der Waals surface area contributed by atoms with Crippen LogP contribution in [0.5, 0.6) is 0 Å². The summed E-state index contributed by atoms with van der Waals surface area (Å²) in [7, 11) is 0. The number of rotatable bonds is 6. The van der Waals surface area contributed by atoms with Gasteiger partial charge >= 0.3 is 6.03 Å². The average molecular weight is 319 g/mol. The molecule has 1 heterocycles. The van der Waals surface area contributed by atoms with Crippen LogP contribution in [-0.2, 0) is 4.74 Å². The summed E-state index contributed by atoms with van der Waals surface area (Å²) in [6, 6.07) is 10.4. The van der Waals surface area contributed by atoms with Gasteiger partial charge in [-0.25, -0.2) is 4.79 Å². The predicted molar refractivity (Wildman–Crippen MR) is 93.9 cm³/mol. The highest BCUT2D eigenvalue weighted by molar-refractivity contribution is 5.74. The number of benzene rings is 1. The Morgan fingerprint density at radius 2 is 2.09 bits per heavy atom. The zero-order valence-corrected chi connectivity index (χ0v) is 14.5. The summed E-state index contributed by atoms with van der Waals surface area (Å²) in [5, 5.41) is 3.03. The van der Waals surface area contributed by atoms with E-state index in [0.717, 1.165) is 19.5 Å². The maximum atomic E-state index is 12.2. The van der Waals surface area contributed by atoms with Crippen molar-refractivity contribution in [2.45, 2.75) is 32.8 Å². The molecule has 1 N–H and O–H groups in total. The number of carbonyl (C=O) groups is 1. The summed E-state index contributed by atoms with van der Waals surface area (Å²) in [6.45, 7) is 10.7. The number of amides is 2. The van der Waals surface area contributed by atoms with Gasteiger partial charge in [-0.2, -0.15) is 0 Å². The number of nitrogens with one attached hydrogen (secondary N) is 1. The Morgan fingerprint density at radius 1 is 1.35 bits per heavy atom. The lowest BCUT2D eigenvalue weighted by Gasteiger charge is -2.38. The van der Waals surface area contributed by atoms with Gasteiger partial charge in [0.2, 0.25) is 0 Å². The fourth-order valence-electron chi connectivity index (χ4n) is 2.88. The highest BCUT2D eigenvalue weighted by Gasteiger charge is 2.29. The lowest BCUT2D eigenvalue weighted by atomic mass is 10.1. The molecule has 2 rings (SSSR count). The summed E-state index contributed by atoms with van der Waals surface area (Å²) in [4.78, 5) is 16.4. The first-order valence-electron chi connectivity index (χ1n) is 8.48. The van der Waals surface area contributed by atoms with Gasteiger partial charge < -0.3 is 19.9 Å². The fraction of sp³-hybridized carbons (Fsp3) is 0.611. The maximum absolute atomic E-state index is 12.2. The van der Waals surface area contributed by atoms with Gasteiger partial charge in [-0.15, -0.1) is 0 Å². The second-order valence-electron chi connectivity index (χ2n) is 6.53. The van der Waals surface area contributed by atoms with Crippen LogP contribution in [0.3, 0.4) is 0 Å². The molecule has 0 atom stereocenters. The van der Waals surface area contributed by atoms with Crippen LogP contribution >= 0.6 is 0 Å². The Kier molecular flexibility index (Phi) is 6.28. The third kappa shape index (κ3) is 5.43. The molecule has 0 radical (unpaired) electrons. The van der Waals surface area contributed by atoms with Gasteiger partial charge in [0.1, 0.15) is 0 Å². The quantitative estimate of drug-likeness (QED) is 0.820. The first-order valence-corrected chi connectivity index (χ1v) is 8.48. The SMILES string of the molecule is CCN(CCCNC(=O)N1CCOC(C)(C)C1)c1ccccc1. The van der Waals surface area contributed by atoms with Gasteiger partial charge in [0, 0.05) is 31.9 Å². The zero-order chi connectivity index (χ0) is 16.7. The van der Waals surface area contributed by atoms with E-state index in [4.69, 9.17) is 4.74 Å². The van der Waals surface area contributed by atoms with Gasteiger partial charge in [0.05, 0.1) is 18.8 Å². The van der Waals surface area contributed by atoms with E-state index in [1.54, 1.807) is 0 Å². The second kappa shape index (κ2) is 8.20. The Balaban J connectivity index is 1.71. The highest BCUT2D eigenvalue weighted by Crippen LogP contribution is 2.16. The largest absolute Gasteiger partial charge is 0.372 e. The van der Waals surface area contributed by atoms with E-state index in [2.05, 4.69) is 41.4 Å². The highest BCUT2D eigenvalue weighted by atomic mass is 16.5. The van der Waals surface area contributed by atoms with E-state index >= 15 is 0 Å².